The van der Waals surface area contributed by atoms with Gasteiger partial charge >= 0.3 is 0 Å². The van der Waals surface area contributed by atoms with Gasteiger partial charge in [-0.3, -0.25) is 0 Å². The number of β-amino-alcohol motifs (C(OH)–C–C–N with tert-alkyl or cyclic N) is 1. The second-order valence-corrected chi connectivity index (χ2v) is 8.29. The van der Waals surface area contributed by atoms with Crippen LogP contribution < -0.4 is 0 Å². The number of phenolic OH excluding ortho intramolecular Hbond substituents is 1. The maximum absolute atomic E-state index is 11.9. The minimum absolute atomic E-state index is 0.0170. The quantitative estimate of drug-likeness (QED) is 0.775. The number of phenols is 1. The van der Waals surface area contributed by atoms with E-state index in [1.165, 1.54) is 18.4 Å². The van der Waals surface area contributed by atoms with Crippen LogP contribution in [0, 0.1) is 5.92 Å². The van der Waals surface area contributed by atoms with Crippen molar-refractivity contribution in [2.24, 2.45) is 5.92 Å². The normalized spacial score (nSPS) is 23.3. The van der Waals surface area contributed by atoms with Crippen molar-refractivity contribution in [3.05, 3.63) is 29.8 Å². The van der Waals surface area contributed by atoms with Gasteiger partial charge in [-0.2, -0.15) is 0 Å². The first-order valence-corrected chi connectivity index (χ1v) is 8.97. The number of aromatic hydroxyl groups is 1. The van der Waals surface area contributed by atoms with Gasteiger partial charge in [-0.15, -0.1) is 0 Å². The maximum Gasteiger partial charge on any atom is 0.214 e. The summed E-state index contributed by atoms with van der Waals surface area (Å²) in [5.74, 6) is -0.0156. The van der Waals surface area contributed by atoms with Gasteiger partial charge in [-0.25, -0.2) is 12.7 Å². The van der Waals surface area contributed by atoms with Gasteiger partial charge < -0.3 is 15.1 Å². The summed E-state index contributed by atoms with van der Waals surface area (Å²) in [5.41, 5.74) is 1.11. The third kappa shape index (κ3) is 4.42. The first-order chi connectivity index (χ1) is 10.3. The summed E-state index contributed by atoms with van der Waals surface area (Å²) in [4.78, 5) is 2.09. The predicted molar refractivity (Wildman–Crippen MR) is 85.2 cm³/mol. The summed E-state index contributed by atoms with van der Waals surface area (Å²) in [5, 5.41) is 19.3. The molecule has 1 aromatic carbocycles. The zero-order valence-corrected chi connectivity index (χ0v) is 13.8. The standard InChI is InChI=1S/C15H24N2O4S/c1-16(2)22(20,21)11-13-9-17(10-15(13)19)8-7-12-3-5-14(18)6-4-12/h3-6,13,15,18-19H,7-11H2,1-2H3/t13-,15+/m0/s1. The highest BCUT2D eigenvalue weighted by molar-refractivity contribution is 7.89. The molecule has 124 valence electrons. The predicted octanol–water partition coefficient (Wildman–Crippen LogP) is 0.119. The van der Waals surface area contributed by atoms with Crippen LogP contribution in [0.15, 0.2) is 24.3 Å². The minimum Gasteiger partial charge on any atom is -0.508 e. The highest BCUT2D eigenvalue weighted by atomic mass is 32.2. The van der Waals surface area contributed by atoms with E-state index >= 15 is 0 Å². The Morgan fingerprint density at radius 3 is 2.45 bits per heavy atom. The van der Waals surface area contributed by atoms with Crippen LogP contribution >= 0.6 is 0 Å². The van der Waals surface area contributed by atoms with E-state index in [0.717, 1.165) is 18.5 Å². The van der Waals surface area contributed by atoms with Crippen LogP contribution in [-0.4, -0.2) is 73.4 Å². The average Bonchev–Trinajstić information content (AvgIpc) is 2.78. The molecule has 1 heterocycles. The summed E-state index contributed by atoms with van der Waals surface area (Å²) >= 11 is 0. The number of likely N-dealkylation sites (tertiary alicyclic amines) is 1. The number of rotatable bonds is 6. The molecule has 0 amide bonds. The molecule has 1 aliphatic rings. The van der Waals surface area contributed by atoms with E-state index < -0.39 is 16.1 Å². The number of benzene rings is 1. The minimum atomic E-state index is -3.29. The lowest BCUT2D eigenvalue weighted by Crippen LogP contribution is -2.33. The monoisotopic (exact) mass is 328 g/mol. The summed E-state index contributed by atoms with van der Waals surface area (Å²) in [7, 11) is -0.265. The molecule has 0 bridgehead atoms. The molecule has 1 aliphatic heterocycles. The first kappa shape index (κ1) is 17.2. The number of aliphatic hydroxyl groups excluding tert-OH is 1. The van der Waals surface area contributed by atoms with Gasteiger partial charge in [0.2, 0.25) is 10.0 Å². The molecule has 1 saturated heterocycles. The molecule has 0 spiro atoms. The molecule has 2 rings (SSSR count). The van der Waals surface area contributed by atoms with E-state index in [2.05, 4.69) is 4.90 Å². The zero-order chi connectivity index (χ0) is 16.3. The molecule has 2 N–H and O–H groups in total. The van der Waals surface area contributed by atoms with Crippen LogP contribution in [-0.2, 0) is 16.4 Å². The van der Waals surface area contributed by atoms with Crippen molar-refractivity contribution >= 4 is 10.0 Å². The molecule has 0 aliphatic carbocycles. The molecule has 7 heteroatoms. The van der Waals surface area contributed by atoms with Gasteiger partial charge in [-0.05, 0) is 24.1 Å². The Bertz CT molecular complexity index is 586. The highest BCUT2D eigenvalue weighted by Crippen LogP contribution is 2.20. The summed E-state index contributed by atoms with van der Waals surface area (Å²) in [6.07, 6.45) is 0.203. The van der Waals surface area contributed by atoms with E-state index in [1.807, 2.05) is 12.1 Å². The van der Waals surface area contributed by atoms with Gasteiger partial charge in [0, 0.05) is 39.6 Å². The largest absolute Gasteiger partial charge is 0.508 e. The molecular weight excluding hydrogens is 304 g/mol. The van der Waals surface area contributed by atoms with Crippen molar-refractivity contribution in [2.75, 3.05) is 39.5 Å². The molecule has 1 fully saturated rings. The molecule has 6 nitrogen and oxygen atoms in total. The third-order valence-corrected chi connectivity index (χ3v) is 6.08. The van der Waals surface area contributed by atoms with Gasteiger partial charge in [0.05, 0.1) is 11.9 Å². The fourth-order valence-corrected chi connectivity index (χ4v) is 3.82. The summed E-state index contributed by atoms with van der Waals surface area (Å²) in [6.45, 7) is 1.86. The van der Waals surface area contributed by atoms with Crippen molar-refractivity contribution in [2.45, 2.75) is 12.5 Å². The van der Waals surface area contributed by atoms with E-state index in [0.29, 0.717) is 13.1 Å². The topological polar surface area (TPSA) is 81.1 Å². The van der Waals surface area contributed by atoms with E-state index in [9.17, 15) is 18.6 Å². The zero-order valence-electron chi connectivity index (χ0n) is 13.0. The van der Waals surface area contributed by atoms with E-state index in [4.69, 9.17) is 0 Å². The average molecular weight is 328 g/mol. The number of nitrogens with zero attached hydrogens (tertiary/aromatic N) is 2. The Labute approximate surface area is 132 Å². The van der Waals surface area contributed by atoms with Gasteiger partial charge in [0.25, 0.3) is 0 Å². The summed E-state index contributed by atoms with van der Waals surface area (Å²) < 4.78 is 25.1. The van der Waals surface area contributed by atoms with Crippen LogP contribution in [0.4, 0.5) is 0 Å². The van der Waals surface area contributed by atoms with E-state index in [-0.39, 0.29) is 17.4 Å². The third-order valence-electron chi connectivity index (χ3n) is 4.12. The fraction of sp³-hybridized carbons (Fsp3) is 0.600. The second kappa shape index (κ2) is 6.95. The molecule has 0 saturated carbocycles. The van der Waals surface area contributed by atoms with Gasteiger partial charge in [0.15, 0.2) is 0 Å². The van der Waals surface area contributed by atoms with Crippen LogP contribution in [0.5, 0.6) is 5.75 Å². The molecule has 0 aromatic heterocycles. The van der Waals surface area contributed by atoms with Crippen LogP contribution in [0.2, 0.25) is 0 Å². The Hall–Kier alpha value is -1.15. The van der Waals surface area contributed by atoms with Crippen molar-refractivity contribution in [3.8, 4) is 5.75 Å². The Kier molecular flexibility index (Phi) is 5.44. The molecule has 0 radical (unpaired) electrons. The number of aliphatic hydroxyl groups is 1. The molecule has 22 heavy (non-hydrogen) atoms. The number of hydrogen-bond donors (Lipinski definition) is 2. The first-order valence-electron chi connectivity index (χ1n) is 7.36. The molecular formula is C15H24N2O4S. The Morgan fingerprint density at radius 1 is 1.23 bits per heavy atom. The highest BCUT2D eigenvalue weighted by Gasteiger charge is 2.34. The van der Waals surface area contributed by atoms with Crippen molar-refractivity contribution in [3.63, 3.8) is 0 Å². The smallest absolute Gasteiger partial charge is 0.214 e. The Balaban J connectivity index is 1.87. The van der Waals surface area contributed by atoms with Crippen LogP contribution in [0.1, 0.15) is 5.56 Å². The van der Waals surface area contributed by atoms with Gasteiger partial charge in [-0.1, -0.05) is 12.1 Å². The van der Waals surface area contributed by atoms with Crippen molar-refractivity contribution < 1.29 is 18.6 Å². The number of hydrogen-bond acceptors (Lipinski definition) is 5. The van der Waals surface area contributed by atoms with Crippen molar-refractivity contribution in [1.29, 1.82) is 0 Å². The number of sulfonamides is 1. The lowest BCUT2D eigenvalue weighted by Gasteiger charge is -2.18. The second-order valence-electron chi connectivity index (χ2n) is 6.06. The molecule has 0 unspecified atom stereocenters. The van der Waals surface area contributed by atoms with Crippen molar-refractivity contribution in [1.82, 2.24) is 9.21 Å². The lowest BCUT2D eigenvalue weighted by atomic mass is 10.1. The fourth-order valence-electron chi connectivity index (χ4n) is 2.66. The SMILES string of the molecule is CN(C)S(=O)(=O)C[C@@H]1CN(CCc2ccc(O)cc2)C[C@H]1O. The van der Waals surface area contributed by atoms with Gasteiger partial charge in [0.1, 0.15) is 5.75 Å². The summed E-state index contributed by atoms with van der Waals surface area (Å²) in [6, 6.07) is 7.05. The van der Waals surface area contributed by atoms with Crippen LogP contribution in [0.25, 0.3) is 0 Å². The molecule has 1 aromatic rings. The maximum atomic E-state index is 11.9. The Morgan fingerprint density at radius 2 is 1.86 bits per heavy atom. The molecule has 2 atom stereocenters. The van der Waals surface area contributed by atoms with E-state index in [1.54, 1.807) is 12.1 Å². The van der Waals surface area contributed by atoms with Crippen LogP contribution in [0.3, 0.4) is 0 Å². The lowest BCUT2D eigenvalue weighted by molar-refractivity contribution is 0.149.